The molecule has 248 valence electrons. The second kappa shape index (κ2) is 13.6. The number of nitriles is 1. The summed E-state index contributed by atoms with van der Waals surface area (Å²) in [5.74, 6) is -2.26. The molecule has 0 saturated carbocycles. The normalized spacial score (nSPS) is 14.2. The molecular weight excluding hydrogens is 675 g/mol. The van der Waals surface area contributed by atoms with Crippen LogP contribution in [0.4, 0.5) is 46.9 Å². The Hall–Kier alpha value is -5.64. The zero-order valence-corrected chi connectivity index (χ0v) is 24.7. The van der Waals surface area contributed by atoms with E-state index in [9.17, 15) is 41.2 Å². The van der Waals surface area contributed by atoms with Gasteiger partial charge in [0.1, 0.15) is 23.6 Å². The maximum Gasteiger partial charge on any atom is 0.573 e. The van der Waals surface area contributed by atoms with E-state index in [2.05, 4.69) is 25.1 Å². The van der Waals surface area contributed by atoms with Gasteiger partial charge in [0, 0.05) is 5.56 Å². The lowest BCUT2D eigenvalue weighted by Crippen LogP contribution is -2.31. The van der Waals surface area contributed by atoms with Crippen LogP contribution in [-0.2, 0) is 4.79 Å². The SMILES string of the molecule is N#Cc1ccc(OCCC(F)(F)F)c(N2C(=O)CS/C2=N\C(=O)Nc2ccc(-c3ncn(-c4ccc(OC(F)(F)F)cc4)n3)cc2F)c1. The summed E-state index contributed by atoms with van der Waals surface area (Å²) in [5.41, 5.74) is 0.160. The van der Waals surface area contributed by atoms with E-state index in [0.29, 0.717) is 5.69 Å². The van der Waals surface area contributed by atoms with Gasteiger partial charge in [0.05, 0.1) is 47.5 Å². The van der Waals surface area contributed by atoms with Crippen molar-refractivity contribution in [3.63, 3.8) is 0 Å². The number of aliphatic imine (C=N–C) groups is 1. The molecule has 1 N–H and O–H groups in total. The maximum absolute atomic E-state index is 15.0. The van der Waals surface area contributed by atoms with Crippen molar-refractivity contribution in [1.29, 1.82) is 5.26 Å². The molecule has 48 heavy (non-hydrogen) atoms. The predicted molar refractivity (Wildman–Crippen MR) is 157 cm³/mol. The van der Waals surface area contributed by atoms with Gasteiger partial charge in [-0.3, -0.25) is 9.69 Å². The number of alkyl halides is 6. The fraction of sp³-hybridized carbons (Fsp3) is 0.172. The average molecular weight is 694 g/mol. The molecule has 0 unspecified atom stereocenters. The van der Waals surface area contributed by atoms with Gasteiger partial charge in [0.25, 0.3) is 0 Å². The van der Waals surface area contributed by atoms with Crippen LogP contribution in [-0.4, -0.2) is 56.8 Å². The van der Waals surface area contributed by atoms with Crippen LogP contribution in [0.1, 0.15) is 12.0 Å². The molecule has 1 saturated heterocycles. The Kier molecular flexibility index (Phi) is 9.56. The van der Waals surface area contributed by atoms with Gasteiger partial charge in [-0.2, -0.15) is 23.4 Å². The van der Waals surface area contributed by atoms with E-state index in [4.69, 9.17) is 4.74 Å². The summed E-state index contributed by atoms with van der Waals surface area (Å²) in [6.45, 7) is -0.774. The molecule has 19 heteroatoms. The van der Waals surface area contributed by atoms with Crippen LogP contribution in [0, 0.1) is 17.1 Å². The molecule has 4 aromatic rings. The number of nitrogens with one attached hydrogen (secondary N) is 1. The van der Waals surface area contributed by atoms with Crippen LogP contribution in [0.3, 0.4) is 0 Å². The molecule has 3 amide bonds. The first-order chi connectivity index (χ1) is 22.7. The molecule has 1 aliphatic heterocycles. The van der Waals surface area contributed by atoms with Crippen molar-refractivity contribution in [2.75, 3.05) is 22.6 Å². The lowest BCUT2D eigenvalue weighted by Gasteiger charge is -2.20. The number of halogens is 7. The van der Waals surface area contributed by atoms with Crippen LogP contribution in [0.15, 0.2) is 72.0 Å². The van der Waals surface area contributed by atoms with Gasteiger partial charge in [-0.15, -0.1) is 18.3 Å². The van der Waals surface area contributed by atoms with Crippen LogP contribution >= 0.6 is 11.8 Å². The van der Waals surface area contributed by atoms with Gasteiger partial charge in [-0.1, -0.05) is 11.8 Å². The topological polar surface area (TPSA) is 135 Å². The monoisotopic (exact) mass is 693 g/mol. The van der Waals surface area contributed by atoms with Crippen molar-refractivity contribution in [2.45, 2.75) is 19.0 Å². The van der Waals surface area contributed by atoms with Crippen molar-refractivity contribution >= 4 is 40.2 Å². The van der Waals surface area contributed by atoms with Gasteiger partial charge < -0.3 is 14.8 Å². The lowest BCUT2D eigenvalue weighted by molar-refractivity contribution is -0.274. The number of rotatable bonds is 8. The fourth-order valence-electron chi connectivity index (χ4n) is 4.15. The van der Waals surface area contributed by atoms with Gasteiger partial charge >= 0.3 is 18.6 Å². The third kappa shape index (κ3) is 8.38. The third-order valence-electron chi connectivity index (χ3n) is 6.23. The highest BCUT2D eigenvalue weighted by Gasteiger charge is 2.34. The zero-order valence-electron chi connectivity index (χ0n) is 23.8. The minimum atomic E-state index is -4.85. The number of hydrogen-bond acceptors (Lipinski definition) is 8. The number of urea groups is 1. The second-order valence-electron chi connectivity index (χ2n) is 9.60. The van der Waals surface area contributed by atoms with Crippen LogP contribution in [0.25, 0.3) is 17.1 Å². The molecule has 11 nitrogen and oxygen atoms in total. The summed E-state index contributed by atoms with van der Waals surface area (Å²) in [6.07, 6.45) is -9.38. The standard InChI is InChI=1S/C29H18F7N7O4S/c30-20-12-17(25-38-15-42(41-25)18-3-5-19(6-4-18)47-29(34,35)36)2-7-21(20)39-26(45)40-27-43(24(44)14-48-27)22-11-16(13-37)1-8-23(22)46-10-9-28(31,32)33/h1-8,11-12,15H,9-10,14H2,(H,39,45)/b40-27-. The fourth-order valence-corrected chi connectivity index (χ4v) is 5.01. The molecule has 0 bridgehead atoms. The summed E-state index contributed by atoms with van der Waals surface area (Å²) in [6, 6.07) is 12.8. The molecule has 1 aromatic heterocycles. The number of hydrogen-bond donors (Lipinski definition) is 1. The quantitative estimate of drug-likeness (QED) is 0.198. The van der Waals surface area contributed by atoms with E-state index < -0.39 is 49.1 Å². The number of carbonyl (C=O) groups is 2. The Morgan fingerprint density at radius 1 is 1.06 bits per heavy atom. The van der Waals surface area contributed by atoms with E-state index in [-0.39, 0.29) is 45.0 Å². The highest BCUT2D eigenvalue weighted by atomic mass is 32.2. The molecule has 1 aliphatic rings. The molecule has 0 atom stereocenters. The Morgan fingerprint density at radius 3 is 2.48 bits per heavy atom. The van der Waals surface area contributed by atoms with E-state index in [1.807, 2.05) is 6.07 Å². The first kappa shape index (κ1) is 33.7. The van der Waals surface area contributed by atoms with Gasteiger partial charge in [-0.25, -0.2) is 18.9 Å². The van der Waals surface area contributed by atoms with Crippen LogP contribution < -0.4 is 19.7 Å². The van der Waals surface area contributed by atoms with E-state index in [1.54, 1.807) is 0 Å². The molecule has 3 aromatic carbocycles. The highest BCUT2D eigenvalue weighted by molar-refractivity contribution is 8.15. The van der Waals surface area contributed by atoms with Crippen LogP contribution in [0.5, 0.6) is 11.5 Å². The number of thioether (sulfide) groups is 1. The Morgan fingerprint density at radius 2 is 1.81 bits per heavy atom. The molecule has 0 radical (unpaired) electrons. The smallest absolute Gasteiger partial charge is 0.491 e. The molecular formula is C29H18F7N7O4S. The van der Waals surface area contributed by atoms with E-state index in [1.165, 1.54) is 53.5 Å². The second-order valence-corrected chi connectivity index (χ2v) is 10.5. The number of aromatic nitrogens is 3. The number of amides is 3. The first-order valence-electron chi connectivity index (χ1n) is 13.4. The first-order valence-corrected chi connectivity index (χ1v) is 14.3. The van der Waals surface area contributed by atoms with Crippen LogP contribution in [0.2, 0.25) is 0 Å². The third-order valence-corrected chi connectivity index (χ3v) is 7.15. The lowest BCUT2D eigenvalue weighted by atomic mass is 10.2. The van der Waals surface area contributed by atoms with Gasteiger partial charge in [0.2, 0.25) is 5.91 Å². The predicted octanol–water partition coefficient (Wildman–Crippen LogP) is 6.84. The van der Waals surface area contributed by atoms with Crippen molar-refractivity contribution < 1.29 is 49.8 Å². The number of benzene rings is 3. The largest absolute Gasteiger partial charge is 0.573 e. The molecule has 5 rings (SSSR count). The molecule has 0 aliphatic carbocycles. The van der Waals surface area contributed by atoms with Crippen molar-refractivity contribution in [2.24, 2.45) is 4.99 Å². The molecule has 1 fully saturated rings. The molecule has 2 heterocycles. The number of anilines is 2. The van der Waals surface area contributed by atoms with E-state index >= 15 is 4.39 Å². The van der Waals surface area contributed by atoms with Crippen molar-refractivity contribution in [3.8, 4) is 34.6 Å². The minimum absolute atomic E-state index is 0.0482. The highest BCUT2D eigenvalue weighted by Crippen LogP contribution is 2.36. The van der Waals surface area contributed by atoms with Gasteiger partial charge in [0.15, 0.2) is 11.0 Å². The number of ether oxygens (including phenoxy) is 2. The summed E-state index contributed by atoms with van der Waals surface area (Å²) in [7, 11) is 0. The number of amidine groups is 1. The summed E-state index contributed by atoms with van der Waals surface area (Å²) >= 11 is 0.828. The van der Waals surface area contributed by atoms with E-state index in [0.717, 1.165) is 34.9 Å². The molecule has 0 spiro atoms. The van der Waals surface area contributed by atoms with Crippen molar-refractivity contribution in [1.82, 2.24) is 14.8 Å². The number of nitrogens with zero attached hydrogens (tertiary/aromatic N) is 6. The van der Waals surface area contributed by atoms with Gasteiger partial charge in [-0.05, 0) is 60.7 Å². The average Bonchev–Trinajstić information content (AvgIpc) is 3.64. The Balaban J connectivity index is 1.30. The number of carbonyl (C=O) groups excluding carboxylic acids is 2. The Bertz CT molecular complexity index is 1920. The maximum atomic E-state index is 15.0. The zero-order chi connectivity index (χ0) is 34.6. The summed E-state index contributed by atoms with van der Waals surface area (Å²) in [5, 5.41) is 15.5. The minimum Gasteiger partial charge on any atom is -0.491 e. The van der Waals surface area contributed by atoms with Crippen molar-refractivity contribution in [3.05, 3.63) is 78.4 Å². The summed E-state index contributed by atoms with van der Waals surface area (Å²) < 4.78 is 101. The Labute approximate surface area is 269 Å². The summed E-state index contributed by atoms with van der Waals surface area (Å²) in [4.78, 5) is 34.4.